The number of nitrogens with one attached hydrogen (secondary N) is 1. The van der Waals surface area contributed by atoms with Crippen LogP contribution in [0.5, 0.6) is 0 Å². The lowest BCUT2D eigenvalue weighted by molar-refractivity contribution is 0.546. The van der Waals surface area contributed by atoms with Gasteiger partial charge in [-0.1, -0.05) is 30.3 Å². The van der Waals surface area contributed by atoms with Crippen molar-refractivity contribution in [3.8, 4) is 11.5 Å². The zero-order valence-electron chi connectivity index (χ0n) is 10.6. The molecule has 3 aromatic rings. The summed E-state index contributed by atoms with van der Waals surface area (Å²) in [4.78, 5) is 7.55. The Balaban J connectivity index is 1.89. The number of benzene rings is 1. The van der Waals surface area contributed by atoms with Crippen LogP contribution >= 0.6 is 0 Å². The van der Waals surface area contributed by atoms with Gasteiger partial charge in [0.1, 0.15) is 17.3 Å². The van der Waals surface area contributed by atoms with Crippen LogP contribution in [0.15, 0.2) is 53.1 Å². The monoisotopic (exact) mass is 253 g/mol. The summed E-state index contributed by atoms with van der Waals surface area (Å²) in [5.41, 5.74) is 8.06. The zero-order chi connectivity index (χ0) is 13.2. The number of furan rings is 1. The highest BCUT2D eigenvalue weighted by Crippen LogP contribution is 2.23. The fraction of sp³-hybridized carbons (Fsp3) is 0.133. The first-order valence-electron chi connectivity index (χ1n) is 6.16. The van der Waals surface area contributed by atoms with E-state index >= 15 is 0 Å². The average Bonchev–Trinajstić information content (AvgIpc) is 3.07. The Morgan fingerprint density at radius 3 is 2.63 bits per heavy atom. The van der Waals surface area contributed by atoms with E-state index in [4.69, 9.17) is 10.2 Å². The van der Waals surface area contributed by atoms with E-state index in [9.17, 15) is 0 Å². The smallest absolute Gasteiger partial charge is 0.152 e. The molecule has 0 amide bonds. The fourth-order valence-electron chi connectivity index (χ4n) is 2.02. The minimum Gasteiger partial charge on any atom is -0.460 e. The largest absolute Gasteiger partial charge is 0.460 e. The Bertz CT molecular complexity index is 670. The summed E-state index contributed by atoms with van der Waals surface area (Å²) in [6.07, 6.45) is 1.75. The molecule has 1 aromatic carbocycles. The van der Waals surface area contributed by atoms with Gasteiger partial charge in [-0.05, 0) is 24.6 Å². The average molecular weight is 253 g/mol. The van der Waals surface area contributed by atoms with Crippen LogP contribution in [-0.4, -0.2) is 9.97 Å². The molecule has 0 saturated carbocycles. The highest BCUT2D eigenvalue weighted by Gasteiger charge is 2.14. The third-order valence-corrected chi connectivity index (χ3v) is 3.05. The molecule has 96 valence electrons. The van der Waals surface area contributed by atoms with Gasteiger partial charge in [0.15, 0.2) is 5.76 Å². The van der Waals surface area contributed by atoms with Crippen molar-refractivity contribution in [3.63, 3.8) is 0 Å². The van der Waals surface area contributed by atoms with Crippen LogP contribution in [0, 0.1) is 6.92 Å². The van der Waals surface area contributed by atoms with Crippen LogP contribution in [0.3, 0.4) is 0 Å². The number of aromatic nitrogens is 2. The molecule has 3 rings (SSSR count). The second kappa shape index (κ2) is 4.74. The highest BCUT2D eigenvalue weighted by molar-refractivity contribution is 5.51. The highest BCUT2D eigenvalue weighted by atomic mass is 16.3. The van der Waals surface area contributed by atoms with Gasteiger partial charge in [-0.2, -0.15) is 0 Å². The topological polar surface area (TPSA) is 67.8 Å². The van der Waals surface area contributed by atoms with E-state index in [1.807, 2.05) is 49.4 Å². The summed E-state index contributed by atoms with van der Waals surface area (Å²) < 4.78 is 5.56. The maximum absolute atomic E-state index is 6.19. The molecule has 0 spiro atoms. The van der Waals surface area contributed by atoms with Crippen LogP contribution in [-0.2, 0) is 0 Å². The zero-order valence-corrected chi connectivity index (χ0v) is 10.6. The Hall–Kier alpha value is -2.33. The van der Waals surface area contributed by atoms with Gasteiger partial charge in [0.2, 0.25) is 0 Å². The summed E-state index contributed by atoms with van der Waals surface area (Å²) in [6.45, 7) is 1.91. The van der Waals surface area contributed by atoms with Crippen LogP contribution in [0.2, 0.25) is 0 Å². The van der Waals surface area contributed by atoms with Gasteiger partial charge in [-0.3, -0.25) is 0 Å². The van der Waals surface area contributed by atoms with Crippen molar-refractivity contribution in [2.24, 2.45) is 5.73 Å². The quantitative estimate of drug-likeness (QED) is 0.754. The normalized spacial score (nSPS) is 12.5. The number of hydrogen-bond donors (Lipinski definition) is 2. The number of imidazole rings is 1. The number of nitrogens with two attached hydrogens (primary N) is 1. The maximum Gasteiger partial charge on any atom is 0.152 e. The Labute approximate surface area is 111 Å². The molecule has 0 aliphatic rings. The van der Waals surface area contributed by atoms with Crippen molar-refractivity contribution in [3.05, 3.63) is 65.8 Å². The van der Waals surface area contributed by atoms with E-state index in [0.717, 1.165) is 28.6 Å². The summed E-state index contributed by atoms with van der Waals surface area (Å²) in [7, 11) is 0. The van der Waals surface area contributed by atoms with Crippen molar-refractivity contribution in [1.82, 2.24) is 9.97 Å². The van der Waals surface area contributed by atoms with Crippen molar-refractivity contribution < 1.29 is 4.42 Å². The summed E-state index contributed by atoms with van der Waals surface area (Å²) in [5, 5.41) is 0. The molecule has 0 bridgehead atoms. The maximum atomic E-state index is 6.19. The molecule has 0 aliphatic heterocycles. The van der Waals surface area contributed by atoms with Gasteiger partial charge in [-0.25, -0.2) is 4.98 Å². The Kier molecular flexibility index (Phi) is 2.93. The number of hydrogen-bond acceptors (Lipinski definition) is 3. The molecular weight excluding hydrogens is 238 g/mol. The molecular formula is C15H15N3O. The Morgan fingerprint density at radius 2 is 1.95 bits per heavy atom. The van der Waals surface area contributed by atoms with Crippen LogP contribution < -0.4 is 5.73 Å². The number of rotatable bonds is 3. The lowest BCUT2D eigenvalue weighted by atomic mass is 10.1. The lowest BCUT2D eigenvalue weighted by Gasteiger charge is -2.08. The molecule has 2 heterocycles. The van der Waals surface area contributed by atoms with Crippen LogP contribution in [0.4, 0.5) is 0 Å². The number of H-pyrrole nitrogens is 1. The third kappa shape index (κ3) is 2.30. The van der Waals surface area contributed by atoms with E-state index < -0.39 is 0 Å². The van der Waals surface area contributed by atoms with Crippen LogP contribution in [0.1, 0.15) is 23.2 Å². The predicted molar refractivity (Wildman–Crippen MR) is 73.5 cm³/mol. The fourth-order valence-corrected chi connectivity index (χ4v) is 2.02. The minimum absolute atomic E-state index is 0.258. The van der Waals surface area contributed by atoms with Gasteiger partial charge < -0.3 is 15.1 Å². The summed E-state index contributed by atoms with van der Waals surface area (Å²) in [6, 6.07) is 13.5. The number of aromatic amines is 1. The molecule has 0 saturated heterocycles. The summed E-state index contributed by atoms with van der Waals surface area (Å²) in [5.74, 6) is 2.38. The van der Waals surface area contributed by atoms with Gasteiger partial charge in [0, 0.05) is 0 Å². The Morgan fingerprint density at radius 1 is 1.16 bits per heavy atom. The second-order valence-corrected chi connectivity index (χ2v) is 4.48. The molecule has 1 unspecified atom stereocenters. The summed E-state index contributed by atoms with van der Waals surface area (Å²) >= 11 is 0. The molecule has 1 atom stereocenters. The third-order valence-electron chi connectivity index (χ3n) is 3.05. The second-order valence-electron chi connectivity index (χ2n) is 4.48. The van der Waals surface area contributed by atoms with Crippen molar-refractivity contribution in [2.75, 3.05) is 0 Å². The molecule has 19 heavy (non-hydrogen) atoms. The lowest BCUT2D eigenvalue weighted by Crippen LogP contribution is -2.13. The van der Waals surface area contributed by atoms with Crippen molar-refractivity contribution >= 4 is 0 Å². The molecule has 0 radical (unpaired) electrons. The first-order valence-corrected chi connectivity index (χ1v) is 6.16. The molecule has 4 nitrogen and oxygen atoms in total. The van der Waals surface area contributed by atoms with Gasteiger partial charge >= 0.3 is 0 Å². The molecule has 0 fully saturated rings. The van der Waals surface area contributed by atoms with E-state index in [1.54, 1.807) is 6.20 Å². The first kappa shape index (κ1) is 11.7. The van der Waals surface area contributed by atoms with Crippen LogP contribution in [0.25, 0.3) is 11.5 Å². The standard InChI is InChI=1S/C15H15N3O/c1-10-7-8-13(19-10)12-9-17-15(18-12)14(16)11-5-3-2-4-6-11/h2-9,14H,16H2,1H3,(H,17,18). The molecule has 4 heteroatoms. The van der Waals surface area contributed by atoms with E-state index in [0.29, 0.717) is 0 Å². The van der Waals surface area contributed by atoms with Crippen molar-refractivity contribution in [2.45, 2.75) is 13.0 Å². The van der Waals surface area contributed by atoms with Gasteiger partial charge in [-0.15, -0.1) is 0 Å². The molecule has 0 aliphatic carbocycles. The van der Waals surface area contributed by atoms with Gasteiger partial charge in [0.05, 0.1) is 12.2 Å². The van der Waals surface area contributed by atoms with E-state index in [1.165, 1.54) is 0 Å². The van der Waals surface area contributed by atoms with Crippen molar-refractivity contribution in [1.29, 1.82) is 0 Å². The number of aryl methyl sites for hydroxylation is 1. The SMILES string of the molecule is Cc1ccc(-c2cnc(C(N)c3ccccc3)[nH]2)o1. The van der Waals surface area contributed by atoms with E-state index in [2.05, 4.69) is 9.97 Å². The minimum atomic E-state index is -0.258. The molecule has 2 aromatic heterocycles. The predicted octanol–water partition coefficient (Wildman–Crippen LogP) is 3.03. The van der Waals surface area contributed by atoms with Gasteiger partial charge in [0.25, 0.3) is 0 Å². The van der Waals surface area contributed by atoms with E-state index in [-0.39, 0.29) is 6.04 Å². The first-order chi connectivity index (χ1) is 9.24. The molecule has 3 N–H and O–H groups in total. The number of nitrogens with zero attached hydrogens (tertiary/aromatic N) is 1.